The van der Waals surface area contributed by atoms with Gasteiger partial charge in [0.15, 0.2) is 11.5 Å². The summed E-state index contributed by atoms with van der Waals surface area (Å²) >= 11 is 0. The van der Waals surface area contributed by atoms with Crippen LogP contribution >= 0.6 is 0 Å². The number of fused-ring (bicyclic) bond motifs is 2. The van der Waals surface area contributed by atoms with Crippen molar-refractivity contribution in [3.8, 4) is 17.2 Å². The molecule has 0 saturated heterocycles. The molecule has 2 amide bonds. The van der Waals surface area contributed by atoms with Crippen molar-refractivity contribution in [1.29, 1.82) is 0 Å². The summed E-state index contributed by atoms with van der Waals surface area (Å²) in [5, 5.41) is 2.90. The first-order valence-electron chi connectivity index (χ1n) is 13.3. The molecular weight excluding hydrogens is 486 g/mol. The van der Waals surface area contributed by atoms with Crippen molar-refractivity contribution in [3.05, 3.63) is 47.5 Å². The van der Waals surface area contributed by atoms with Gasteiger partial charge in [0.25, 0.3) is 11.8 Å². The number of benzene rings is 2. The van der Waals surface area contributed by atoms with Crippen LogP contribution in [0.1, 0.15) is 47.4 Å². The molecule has 9 nitrogen and oxygen atoms in total. The largest absolute Gasteiger partial charge is 0.491 e. The van der Waals surface area contributed by atoms with Crippen LogP contribution in [0.25, 0.3) is 0 Å². The van der Waals surface area contributed by atoms with Crippen LogP contribution in [0.3, 0.4) is 0 Å². The van der Waals surface area contributed by atoms with Crippen LogP contribution in [0, 0.1) is 11.8 Å². The van der Waals surface area contributed by atoms with Crippen molar-refractivity contribution in [2.75, 3.05) is 52.5 Å². The molecule has 2 aromatic rings. The Balaban J connectivity index is 1.39. The van der Waals surface area contributed by atoms with Crippen molar-refractivity contribution >= 4 is 17.5 Å². The molecule has 1 aliphatic carbocycles. The normalized spacial score (nSPS) is 24.2. The van der Waals surface area contributed by atoms with Crippen molar-refractivity contribution in [2.45, 2.75) is 38.8 Å². The lowest BCUT2D eigenvalue weighted by Crippen LogP contribution is -2.47. The van der Waals surface area contributed by atoms with E-state index >= 15 is 0 Å². The van der Waals surface area contributed by atoms with E-state index < -0.39 is 0 Å². The molecule has 1 N–H and O–H groups in total. The number of carbonyl (C=O) groups is 2. The molecule has 38 heavy (non-hydrogen) atoms. The number of rotatable bonds is 5. The minimum atomic E-state index is -0.310. The molecule has 0 radical (unpaired) electrons. The molecule has 0 spiro atoms. The zero-order valence-electron chi connectivity index (χ0n) is 22.6. The maximum absolute atomic E-state index is 13.6. The van der Waals surface area contributed by atoms with E-state index in [0.29, 0.717) is 47.2 Å². The highest BCUT2D eigenvalue weighted by atomic mass is 16.7. The molecule has 2 aromatic carbocycles. The van der Waals surface area contributed by atoms with Crippen LogP contribution in [0.5, 0.6) is 17.2 Å². The third kappa shape index (κ3) is 5.89. The number of hydrogen-bond acceptors (Lipinski definition) is 7. The molecule has 2 heterocycles. The minimum absolute atomic E-state index is 0.101. The fraction of sp³-hybridized carbons (Fsp3) is 0.517. The molecule has 0 bridgehead atoms. The fourth-order valence-electron chi connectivity index (χ4n) is 5.06. The highest BCUT2D eigenvalue weighted by Gasteiger charge is 2.32. The molecule has 1 fully saturated rings. The van der Waals surface area contributed by atoms with Crippen molar-refractivity contribution in [2.24, 2.45) is 11.8 Å². The van der Waals surface area contributed by atoms with Gasteiger partial charge in [0.2, 0.25) is 6.79 Å². The Labute approximate surface area is 224 Å². The molecule has 1 saturated carbocycles. The van der Waals surface area contributed by atoms with Crippen LogP contribution in [0.15, 0.2) is 36.4 Å². The molecule has 0 unspecified atom stereocenters. The van der Waals surface area contributed by atoms with Crippen molar-refractivity contribution in [1.82, 2.24) is 9.80 Å². The molecule has 0 aromatic heterocycles. The second-order valence-corrected chi connectivity index (χ2v) is 10.7. The van der Waals surface area contributed by atoms with E-state index in [4.69, 9.17) is 18.9 Å². The Morgan fingerprint density at radius 3 is 2.55 bits per heavy atom. The number of likely N-dealkylation sites (N-methyl/N-ethyl adjacent to an activating group) is 1. The fourth-order valence-corrected chi connectivity index (χ4v) is 5.06. The Kier molecular flexibility index (Phi) is 7.76. The summed E-state index contributed by atoms with van der Waals surface area (Å²) in [5.41, 5.74) is 1.34. The Bertz CT molecular complexity index is 1180. The molecule has 3 atom stereocenters. The number of methoxy groups -OCH3 is 1. The number of hydrogen-bond donors (Lipinski definition) is 1. The second kappa shape index (κ2) is 11.2. The van der Waals surface area contributed by atoms with E-state index in [2.05, 4.69) is 24.1 Å². The van der Waals surface area contributed by atoms with E-state index in [-0.39, 0.29) is 36.7 Å². The van der Waals surface area contributed by atoms with E-state index in [9.17, 15) is 9.59 Å². The summed E-state index contributed by atoms with van der Waals surface area (Å²) in [6.07, 6.45) is 2.47. The monoisotopic (exact) mass is 523 g/mol. The third-order valence-electron chi connectivity index (χ3n) is 7.66. The third-order valence-corrected chi connectivity index (χ3v) is 7.66. The SMILES string of the molecule is CO[C@H]1CN(C)C(=O)c2cc(NC(=O)c3ccc4c(c3)OCO4)ccc2OC[C@H](C)N(CC2CC2)C[C@H]1C. The van der Waals surface area contributed by atoms with Crippen molar-refractivity contribution < 1.29 is 28.5 Å². The van der Waals surface area contributed by atoms with Crippen LogP contribution in [0.4, 0.5) is 5.69 Å². The summed E-state index contributed by atoms with van der Waals surface area (Å²) in [5.74, 6) is 2.15. The van der Waals surface area contributed by atoms with Crippen LogP contribution in [-0.4, -0.2) is 81.0 Å². The van der Waals surface area contributed by atoms with Gasteiger partial charge in [-0.25, -0.2) is 0 Å². The Morgan fingerprint density at radius 2 is 1.79 bits per heavy atom. The number of nitrogens with one attached hydrogen (secondary N) is 1. The highest BCUT2D eigenvalue weighted by molar-refractivity contribution is 6.06. The molecule has 204 valence electrons. The quantitative estimate of drug-likeness (QED) is 0.636. The minimum Gasteiger partial charge on any atom is -0.491 e. The maximum atomic E-state index is 13.6. The predicted octanol–water partition coefficient (Wildman–Crippen LogP) is 3.88. The Hall–Kier alpha value is -3.30. The lowest BCUT2D eigenvalue weighted by atomic mass is 10.0. The average Bonchev–Trinajstić information content (AvgIpc) is 3.61. The molecule has 5 rings (SSSR count). The summed E-state index contributed by atoms with van der Waals surface area (Å²) < 4.78 is 22.8. The van der Waals surface area contributed by atoms with Gasteiger partial charge < -0.3 is 29.2 Å². The second-order valence-electron chi connectivity index (χ2n) is 10.7. The molecule has 9 heteroatoms. The average molecular weight is 524 g/mol. The van der Waals surface area contributed by atoms with E-state index in [1.54, 1.807) is 55.5 Å². The maximum Gasteiger partial charge on any atom is 0.257 e. The van der Waals surface area contributed by atoms with Crippen LogP contribution < -0.4 is 19.5 Å². The first kappa shape index (κ1) is 26.3. The lowest BCUT2D eigenvalue weighted by molar-refractivity contribution is 0.00994. The molecule has 2 aliphatic heterocycles. The lowest BCUT2D eigenvalue weighted by Gasteiger charge is -2.36. The molecular formula is C29H37N3O6. The van der Waals surface area contributed by atoms with Gasteiger partial charge in [-0.05, 0) is 68.0 Å². The first-order chi connectivity index (χ1) is 18.3. The van der Waals surface area contributed by atoms with Gasteiger partial charge in [0.1, 0.15) is 12.4 Å². The smallest absolute Gasteiger partial charge is 0.257 e. The van der Waals surface area contributed by atoms with E-state index in [0.717, 1.165) is 19.0 Å². The zero-order chi connectivity index (χ0) is 26.8. The van der Waals surface area contributed by atoms with Gasteiger partial charge in [-0.1, -0.05) is 6.92 Å². The summed E-state index contributed by atoms with van der Waals surface area (Å²) in [4.78, 5) is 30.7. The number of ether oxygens (including phenoxy) is 4. The predicted molar refractivity (Wildman–Crippen MR) is 143 cm³/mol. The molecule has 3 aliphatic rings. The number of nitrogens with zero attached hydrogens (tertiary/aromatic N) is 2. The van der Waals surface area contributed by atoms with Crippen molar-refractivity contribution in [3.63, 3.8) is 0 Å². The van der Waals surface area contributed by atoms with Gasteiger partial charge in [-0.2, -0.15) is 0 Å². The van der Waals surface area contributed by atoms with Gasteiger partial charge in [-0.15, -0.1) is 0 Å². The summed E-state index contributed by atoms with van der Waals surface area (Å²) in [6, 6.07) is 10.4. The van der Waals surface area contributed by atoms with E-state index in [1.165, 1.54) is 12.8 Å². The Morgan fingerprint density at radius 1 is 1.03 bits per heavy atom. The number of anilines is 1. The number of carbonyl (C=O) groups excluding carboxylic acids is 2. The van der Waals surface area contributed by atoms with Crippen LogP contribution in [0.2, 0.25) is 0 Å². The van der Waals surface area contributed by atoms with Gasteiger partial charge >= 0.3 is 0 Å². The summed E-state index contributed by atoms with van der Waals surface area (Å²) in [6.45, 7) is 7.36. The topological polar surface area (TPSA) is 89.6 Å². The van der Waals surface area contributed by atoms with Gasteiger partial charge in [-0.3, -0.25) is 14.5 Å². The summed E-state index contributed by atoms with van der Waals surface area (Å²) in [7, 11) is 3.49. The first-order valence-corrected chi connectivity index (χ1v) is 13.3. The standard InChI is InChI=1S/C29H37N3O6/c1-18-13-32(14-20-5-6-20)19(2)16-36-24-10-8-22(12-23(24)29(34)31(3)15-27(18)35-4)30-28(33)21-7-9-25-26(11-21)38-17-37-25/h7-12,18-20,27H,5-6,13-17H2,1-4H3,(H,30,33)/t18-,19+,27+/m1/s1. The number of amides is 2. The highest BCUT2D eigenvalue weighted by Crippen LogP contribution is 2.34. The van der Waals surface area contributed by atoms with Crippen LogP contribution in [-0.2, 0) is 4.74 Å². The zero-order valence-corrected chi connectivity index (χ0v) is 22.6. The van der Waals surface area contributed by atoms with Gasteiger partial charge in [0, 0.05) is 51.1 Å². The van der Waals surface area contributed by atoms with E-state index in [1.807, 2.05) is 0 Å². The van der Waals surface area contributed by atoms with Gasteiger partial charge in [0.05, 0.1) is 11.7 Å².